The van der Waals surface area contributed by atoms with Gasteiger partial charge in [-0.25, -0.2) is 0 Å². The van der Waals surface area contributed by atoms with Crippen LogP contribution in [0.5, 0.6) is 0 Å². The molecule has 2 heterocycles. The fourth-order valence-corrected chi connectivity index (χ4v) is 2.32. The molecule has 100 valence electrons. The van der Waals surface area contributed by atoms with E-state index in [1.54, 1.807) is 6.20 Å². The summed E-state index contributed by atoms with van der Waals surface area (Å²) < 4.78 is 5.56. The third kappa shape index (κ3) is 2.45. The van der Waals surface area contributed by atoms with Crippen LogP contribution in [0, 0.1) is 0 Å². The summed E-state index contributed by atoms with van der Waals surface area (Å²) in [7, 11) is 0. The summed E-state index contributed by atoms with van der Waals surface area (Å²) in [5, 5.41) is 10.6. The quantitative estimate of drug-likeness (QED) is 0.767. The van der Waals surface area contributed by atoms with Crippen molar-refractivity contribution in [3.05, 3.63) is 24.4 Å². The van der Waals surface area contributed by atoms with E-state index in [1.807, 2.05) is 18.2 Å². The molecule has 1 aromatic carbocycles. The number of carbonyl (C=O) groups excluding carboxylic acids is 1. The zero-order chi connectivity index (χ0) is 13.2. The van der Waals surface area contributed by atoms with Crippen molar-refractivity contribution in [1.82, 2.24) is 10.2 Å². The molecule has 0 bridgehead atoms. The van der Waals surface area contributed by atoms with E-state index < -0.39 is 6.10 Å². The van der Waals surface area contributed by atoms with Gasteiger partial charge in [-0.3, -0.25) is 9.89 Å². The van der Waals surface area contributed by atoms with Crippen molar-refractivity contribution in [3.8, 4) is 0 Å². The Morgan fingerprint density at radius 2 is 2.42 bits per heavy atom. The maximum atomic E-state index is 12.1. The second-order valence-electron chi connectivity index (χ2n) is 4.72. The number of nitrogens with two attached hydrogens (primary N) is 1. The van der Waals surface area contributed by atoms with Gasteiger partial charge in [0.05, 0.1) is 17.8 Å². The van der Waals surface area contributed by atoms with Crippen LogP contribution in [0.2, 0.25) is 0 Å². The highest BCUT2D eigenvalue weighted by Crippen LogP contribution is 2.22. The molecule has 6 nitrogen and oxygen atoms in total. The minimum absolute atomic E-state index is 0.00658. The lowest BCUT2D eigenvalue weighted by Crippen LogP contribution is -2.29. The molecule has 2 atom stereocenters. The Bertz CT molecular complexity index is 595. The predicted molar refractivity (Wildman–Crippen MR) is 71.7 cm³/mol. The highest BCUT2D eigenvalue weighted by Gasteiger charge is 2.29. The van der Waals surface area contributed by atoms with Crippen LogP contribution in [-0.4, -0.2) is 34.9 Å². The first kappa shape index (κ1) is 12.1. The molecule has 1 aromatic heterocycles. The molecule has 4 N–H and O–H groups in total. The van der Waals surface area contributed by atoms with Crippen LogP contribution >= 0.6 is 0 Å². The fraction of sp³-hybridized carbons (Fsp3) is 0.385. The summed E-state index contributed by atoms with van der Waals surface area (Å²) >= 11 is 0. The lowest BCUT2D eigenvalue weighted by Gasteiger charge is -2.12. The van der Waals surface area contributed by atoms with Crippen LogP contribution < -0.4 is 11.1 Å². The first-order chi connectivity index (χ1) is 9.26. The van der Waals surface area contributed by atoms with Gasteiger partial charge in [0.1, 0.15) is 6.10 Å². The monoisotopic (exact) mass is 260 g/mol. The van der Waals surface area contributed by atoms with Gasteiger partial charge in [0, 0.05) is 17.6 Å². The number of benzene rings is 1. The van der Waals surface area contributed by atoms with Gasteiger partial charge in [-0.2, -0.15) is 5.10 Å². The summed E-state index contributed by atoms with van der Waals surface area (Å²) in [6.45, 7) is 0.463. The highest BCUT2D eigenvalue weighted by atomic mass is 16.5. The minimum Gasteiger partial charge on any atom is -0.364 e. The normalized spacial score (nSPS) is 22.8. The second-order valence-corrected chi connectivity index (χ2v) is 4.72. The molecule has 0 radical (unpaired) electrons. The number of fused-ring (bicyclic) bond motifs is 1. The number of aromatic amines is 1. The molecule has 1 fully saturated rings. The third-order valence-corrected chi connectivity index (χ3v) is 3.37. The Balaban J connectivity index is 1.68. The van der Waals surface area contributed by atoms with Crippen molar-refractivity contribution in [2.24, 2.45) is 5.73 Å². The van der Waals surface area contributed by atoms with E-state index in [0.29, 0.717) is 6.54 Å². The number of anilines is 1. The van der Waals surface area contributed by atoms with E-state index in [-0.39, 0.29) is 12.0 Å². The zero-order valence-electron chi connectivity index (χ0n) is 10.4. The molecule has 0 spiro atoms. The van der Waals surface area contributed by atoms with Crippen molar-refractivity contribution < 1.29 is 9.53 Å². The largest absolute Gasteiger partial charge is 0.364 e. The Morgan fingerprint density at radius 1 is 1.53 bits per heavy atom. The summed E-state index contributed by atoms with van der Waals surface area (Å²) in [5.41, 5.74) is 7.22. The zero-order valence-corrected chi connectivity index (χ0v) is 10.4. The first-order valence-electron chi connectivity index (χ1n) is 6.36. The van der Waals surface area contributed by atoms with Crippen molar-refractivity contribution in [3.63, 3.8) is 0 Å². The van der Waals surface area contributed by atoms with Gasteiger partial charge < -0.3 is 15.8 Å². The van der Waals surface area contributed by atoms with E-state index in [1.165, 1.54) is 0 Å². The highest BCUT2D eigenvalue weighted by molar-refractivity contribution is 5.96. The average Bonchev–Trinajstić information content (AvgIpc) is 3.06. The number of hydrogen-bond donors (Lipinski definition) is 3. The summed E-state index contributed by atoms with van der Waals surface area (Å²) in [5.74, 6) is -0.112. The van der Waals surface area contributed by atoms with Crippen LogP contribution in [0.3, 0.4) is 0 Å². The van der Waals surface area contributed by atoms with Gasteiger partial charge in [0.2, 0.25) is 0 Å². The molecule has 3 rings (SSSR count). The van der Waals surface area contributed by atoms with Gasteiger partial charge in [-0.05, 0) is 31.0 Å². The van der Waals surface area contributed by atoms with Crippen molar-refractivity contribution in [1.29, 1.82) is 0 Å². The fourth-order valence-electron chi connectivity index (χ4n) is 2.32. The standard InChI is InChI=1S/C13H16N4O2/c14-6-10-2-4-12(19-10)13(18)16-9-1-3-11-8(5-9)7-15-17-11/h1,3,5,7,10,12H,2,4,6,14H2,(H,15,17)(H,16,18)/t10-,12+/m1/s1. The number of amides is 1. The van der Waals surface area contributed by atoms with Crippen molar-refractivity contribution in [2.45, 2.75) is 25.0 Å². The van der Waals surface area contributed by atoms with Gasteiger partial charge in [0.25, 0.3) is 5.91 Å². The van der Waals surface area contributed by atoms with Crippen LogP contribution in [-0.2, 0) is 9.53 Å². The maximum Gasteiger partial charge on any atom is 0.253 e. The maximum absolute atomic E-state index is 12.1. The Kier molecular flexibility index (Phi) is 3.18. The molecule has 1 saturated heterocycles. The Morgan fingerprint density at radius 3 is 3.21 bits per heavy atom. The number of nitrogens with zero attached hydrogens (tertiary/aromatic N) is 1. The molecule has 2 aromatic rings. The van der Waals surface area contributed by atoms with Crippen LogP contribution in [0.15, 0.2) is 24.4 Å². The summed E-state index contributed by atoms with van der Waals surface area (Å²) in [6, 6.07) is 5.61. The van der Waals surface area contributed by atoms with E-state index in [0.717, 1.165) is 29.4 Å². The van der Waals surface area contributed by atoms with Gasteiger partial charge in [0.15, 0.2) is 0 Å². The van der Waals surface area contributed by atoms with Crippen molar-refractivity contribution in [2.75, 3.05) is 11.9 Å². The molecule has 0 aliphatic carbocycles. The SMILES string of the molecule is NC[C@H]1CC[C@@H](C(=O)Nc2ccc3[nH]ncc3c2)O1. The molecule has 1 aliphatic rings. The number of carbonyl (C=O) groups is 1. The van der Waals surface area contributed by atoms with Gasteiger partial charge in [-0.15, -0.1) is 0 Å². The molecular weight excluding hydrogens is 244 g/mol. The van der Waals surface area contributed by atoms with E-state index >= 15 is 0 Å². The predicted octanol–water partition coefficient (Wildman–Crippen LogP) is 1.01. The lowest BCUT2D eigenvalue weighted by atomic mass is 10.2. The number of rotatable bonds is 3. The molecule has 0 saturated carbocycles. The topological polar surface area (TPSA) is 93.0 Å². The lowest BCUT2D eigenvalue weighted by molar-refractivity contribution is -0.126. The van der Waals surface area contributed by atoms with Crippen molar-refractivity contribution >= 4 is 22.5 Å². The molecule has 1 aliphatic heterocycles. The smallest absolute Gasteiger partial charge is 0.253 e. The van der Waals surface area contributed by atoms with E-state index in [4.69, 9.17) is 10.5 Å². The number of H-pyrrole nitrogens is 1. The minimum atomic E-state index is -0.395. The van der Waals surface area contributed by atoms with Crippen LogP contribution in [0.25, 0.3) is 10.9 Å². The number of ether oxygens (including phenoxy) is 1. The second kappa shape index (κ2) is 4.99. The molecule has 19 heavy (non-hydrogen) atoms. The number of hydrogen-bond acceptors (Lipinski definition) is 4. The first-order valence-corrected chi connectivity index (χ1v) is 6.36. The Labute approximate surface area is 110 Å². The molecule has 0 unspecified atom stereocenters. The molecule has 6 heteroatoms. The summed E-state index contributed by atoms with van der Waals surface area (Å²) in [4.78, 5) is 12.1. The molecular formula is C13H16N4O2. The van der Waals surface area contributed by atoms with Crippen LogP contribution in [0.4, 0.5) is 5.69 Å². The summed E-state index contributed by atoms with van der Waals surface area (Å²) in [6.07, 6.45) is 2.90. The van der Waals surface area contributed by atoms with E-state index in [2.05, 4.69) is 15.5 Å². The molecule has 1 amide bonds. The Hall–Kier alpha value is -1.92. The average molecular weight is 260 g/mol. The third-order valence-electron chi connectivity index (χ3n) is 3.37. The van der Waals surface area contributed by atoms with Crippen LogP contribution in [0.1, 0.15) is 12.8 Å². The van der Waals surface area contributed by atoms with Gasteiger partial charge >= 0.3 is 0 Å². The van der Waals surface area contributed by atoms with E-state index in [9.17, 15) is 4.79 Å². The van der Waals surface area contributed by atoms with Gasteiger partial charge in [-0.1, -0.05) is 0 Å². The number of aromatic nitrogens is 2. The number of nitrogens with one attached hydrogen (secondary N) is 2.